The van der Waals surface area contributed by atoms with Gasteiger partial charge in [0.1, 0.15) is 33.7 Å². The van der Waals surface area contributed by atoms with E-state index in [1.54, 1.807) is 25.1 Å². The van der Waals surface area contributed by atoms with Gasteiger partial charge >= 0.3 is 5.97 Å². The second-order valence-corrected chi connectivity index (χ2v) is 6.20. The van der Waals surface area contributed by atoms with Crippen LogP contribution in [-0.4, -0.2) is 23.2 Å². The number of aliphatic hydroxyl groups excluding tert-OH is 1. The molecule has 0 saturated carbocycles. The maximum absolute atomic E-state index is 13.0. The summed E-state index contributed by atoms with van der Waals surface area (Å²) in [7, 11) is 1.22. The highest BCUT2D eigenvalue weighted by Crippen LogP contribution is 2.40. The Morgan fingerprint density at radius 2 is 2.00 bits per heavy atom. The molecule has 0 amide bonds. The van der Waals surface area contributed by atoms with Crippen molar-refractivity contribution in [2.75, 3.05) is 7.11 Å². The molecule has 25 heavy (non-hydrogen) atoms. The predicted molar refractivity (Wildman–Crippen MR) is 94.2 cm³/mol. The number of methoxy groups -OCH3 is 1. The molecule has 1 aliphatic heterocycles. The van der Waals surface area contributed by atoms with Gasteiger partial charge in [0.2, 0.25) is 0 Å². The minimum atomic E-state index is -0.704. The van der Waals surface area contributed by atoms with Crippen LogP contribution in [0.1, 0.15) is 11.5 Å². The van der Waals surface area contributed by atoms with E-state index in [0.29, 0.717) is 16.4 Å². The van der Waals surface area contributed by atoms with E-state index in [4.69, 9.17) is 9.15 Å². The highest BCUT2D eigenvalue weighted by Gasteiger charge is 2.33. The third-order valence-electron chi connectivity index (χ3n) is 3.37. The number of rotatable bonds is 3. The van der Waals surface area contributed by atoms with E-state index >= 15 is 0 Å². The van der Waals surface area contributed by atoms with Crippen LogP contribution in [0.4, 0.5) is 10.1 Å². The van der Waals surface area contributed by atoms with Gasteiger partial charge in [0, 0.05) is 0 Å². The fourth-order valence-corrected chi connectivity index (χ4v) is 3.20. The molecule has 1 aromatic carbocycles. The molecule has 0 aliphatic carbocycles. The first-order chi connectivity index (χ1) is 12.0. The molecule has 0 fully saturated rings. The van der Waals surface area contributed by atoms with Gasteiger partial charge in [-0.05, 0) is 49.4 Å². The summed E-state index contributed by atoms with van der Waals surface area (Å²) in [6, 6.07) is 9.04. The van der Waals surface area contributed by atoms with Crippen molar-refractivity contribution in [1.29, 1.82) is 0 Å². The summed E-state index contributed by atoms with van der Waals surface area (Å²) in [5.41, 5.74) is 0.416. The number of carbonyl (C=O) groups is 1. The molecule has 0 atom stereocenters. The largest absolute Gasteiger partial charge is 0.506 e. The highest BCUT2D eigenvalue weighted by molar-refractivity contribution is 8.18. The number of hydrogen-bond acceptors (Lipinski definition) is 6. The molecule has 2 aromatic rings. The molecule has 0 bridgehead atoms. The van der Waals surface area contributed by atoms with Gasteiger partial charge in [0.05, 0.1) is 17.7 Å². The first-order valence-corrected chi connectivity index (χ1v) is 8.12. The number of furan rings is 1. The molecule has 3 rings (SSSR count). The van der Waals surface area contributed by atoms with Crippen LogP contribution in [0, 0.1) is 12.7 Å². The Kier molecular flexibility index (Phi) is 4.76. The monoisotopic (exact) mass is 359 g/mol. The molecule has 0 unspecified atom stereocenters. The summed E-state index contributed by atoms with van der Waals surface area (Å²) in [5.74, 6) is -0.0504. The van der Waals surface area contributed by atoms with Gasteiger partial charge in [-0.3, -0.25) is 0 Å². The summed E-state index contributed by atoms with van der Waals surface area (Å²) in [5, 5.41) is 10.7. The molecule has 1 aliphatic rings. The Morgan fingerprint density at radius 1 is 1.28 bits per heavy atom. The van der Waals surface area contributed by atoms with E-state index in [2.05, 4.69) is 4.99 Å². The lowest BCUT2D eigenvalue weighted by Gasteiger charge is -2.01. The zero-order valence-corrected chi connectivity index (χ0v) is 14.3. The molecule has 7 heteroatoms. The van der Waals surface area contributed by atoms with Gasteiger partial charge in [-0.2, -0.15) is 0 Å². The van der Waals surface area contributed by atoms with E-state index in [0.717, 1.165) is 17.5 Å². The van der Waals surface area contributed by atoms with Crippen molar-refractivity contribution in [1.82, 2.24) is 0 Å². The van der Waals surface area contributed by atoms with Gasteiger partial charge in [-0.25, -0.2) is 14.2 Å². The molecule has 5 nitrogen and oxygen atoms in total. The zero-order valence-electron chi connectivity index (χ0n) is 13.4. The second-order valence-electron chi connectivity index (χ2n) is 5.17. The molecule has 1 aromatic heterocycles. The average molecular weight is 359 g/mol. The predicted octanol–water partition coefficient (Wildman–Crippen LogP) is 4.53. The van der Waals surface area contributed by atoms with Crippen LogP contribution < -0.4 is 0 Å². The fraction of sp³-hybridized carbons (Fsp3) is 0.111. The number of ether oxygens (including phenoxy) is 1. The SMILES string of the molecule is COC(=O)C1=C(O)C(=Cc2ccc(C)o2)SC1=Nc1ccc(F)cc1. The van der Waals surface area contributed by atoms with E-state index in [1.165, 1.54) is 31.4 Å². The Hall–Kier alpha value is -2.80. The number of halogens is 1. The van der Waals surface area contributed by atoms with E-state index in [1.807, 2.05) is 0 Å². The van der Waals surface area contributed by atoms with Crippen molar-refractivity contribution < 1.29 is 23.4 Å². The van der Waals surface area contributed by atoms with E-state index in [9.17, 15) is 14.3 Å². The lowest BCUT2D eigenvalue weighted by Crippen LogP contribution is -2.10. The van der Waals surface area contributed by atoms with Crippen LogP contribution in [0.2, 0.25) is 0 Å². The van der Waals surface area contributed by atoms with Crippen molar-refractivity contribution in [2.24, 2.45) is 4.99 Å². The maximum atomic E-state index is 13.0. The Morgan fingerprint density at radius 3 is 2.60 bits per heavy atom. The Bertz CT molecular complexity index is 909. The van der Waals surface area contributed by atoms with Crippen LogP contribution >= 0.6 is 11.8 Å². The molecule has 1 N–H and O–H groups in total. The lowest BCUT2D eigenvalue weighted by atomic mass is 10.2. The quantitative estimate of drug-likeness (QED) is 0.815. The second kappa shape index (κ2) is 6.98. The molecule has 2 heterocycles. The van der Waals surface area contributed by atoms with E-state index in [-0.39, 0.29) is 22.2 Å². The number of nitrogens with zero attached hydrogens (tertiary/aromatic N) is 1. The molecular weight excluding hydrogens is 345 g/mol. The van der Waals surface area contributed by atoms with Crippen molar-refractivity contribution in [3.05, 3.63) is 70.0 Å². The minimum Gasteiger partial charge on any atom is -0.506 e. The van der Waals surface area contributed by atoms with Crippen LogP contribution in [0.25, 0.3) is 6.08 Å². The van der Waals surface area contributed by atoms with Crippen LogP contribution in [-0.2, 0) is 9.53 Å². The molecule has 0 saturated heterocycles. The van der Waals surface area contributed by atoms with Gasteiger partial charge in [-0.15, -0.1) is 0 Å². The summed E-state index contributed by atoms with van der Waals surface area (Å²) < 4.78 is 23.2. The van der Waals surface area contributed by atoms with Gasteiger partial charge < -0.3 is 14.3 Å². The summed E-state index contributed by atoms with van der Waals surface area (Å²) in [6.45, 7) is 1.81. The fourth-order valence-electron chi connectivity index (χ4n) is 2.18. The molecule has 0 radical (unpaired) electrons. The first-order valence-electron chi connectivity index (χ1n) is 7.30. The van der Waals surface area contributed by atoms with Crippen molar-refractivity contribution >= 4 is 34.5 Å². The lowest BCUT2D eigenvalue weighted by molar-refractivity contribution is -0.135. The number of aryl methyl sites for hydroxylation is 1. The number of esters is 1. The van der Waals surface area contributed by atoms with Crippen LogP contribution in [0.5, 0.6) is 0 Å². The number of aliphatic imine (C=N–C) groups is 1. The van der Waals surface area contributed by atoms with Crippen molar-refractivity contribution in [2.45, 2.75) is 6.92 Å². The molecule has 0 spiro atoms. The maximum Gasteiger partial charge on any atom is 0.344 e. The minimum absolute atomic E-state index is 0.0358. The topological polar surface area (TPSA) is 72.0 Å². The third kappa shape index (κ3) is 3.66. The highest BCUT2D eigenvalue weighted by atomic mass is 32.2. The Labute approximate surface area is 147 Å². The molecule has 128 valence electrons. The summed E-state index contributed by atoms with van der Waals surface area (Å²) in [4.78, 5) is 16.8. The van der Waals surface area contributed by atoms with Crippen LogP contribution in [0.15, 0.2) is 62.0 Å². The van der Waals surface area contributed by atoms with Crippen molar-refractivity contribution in [3.63, 3.8) is 0 Å². The number of aliphatic hydroxyl groups is 1. The number of carbonyl (C=O) groups excluding carboxylic acids is 1. The Balaban J connectivity index is 2.02. The smallest absolute Gasteiger partial charge is 0.344 e. The summed E-state index contributed by atoms with van der Waals surface area (Å²) in [6.07, 6.45) is 1.61. The number of hydrogen-bond donors (Lipinski definition) is 1. The molecular formula is C18H14FNO4S. The van der Waals surface area contributed by atoms with Gasteiger partial charge in [0.15, 0.2) is 0 Å². The first kappa shape index (κ1) is 17.0. The number of thioether (sulfide) groups is 1. The van der Waals surface area contributed by atoms with E-state index < -0.39 is 5.97 Å². The standard InChI is InChI=1S/C18H14FNO4S/c1-10-3-8-13(24-10)9-14-16(21)15(18(22)23-2)17(25-14)20-12-6-4-11(19)5-7-12/h3-9,21H,1-2H3. The summed E-state index contributed by atoms with van der Waals surface area (Å²) >= 11 is 1.11. The van der Waals surface area contributed by atoms with Gasteiger partial charge in [-0.1, -0.05) is 11.8 Å². The van der Waals surface area contributed by atoms with Crippen LogP contribution in [0.3, 0.4) is 0 Å². The van der Waals surface area contributed by atoms with Gasteiger partial charge in [0.25, 0.3) is 0 Å². The third-order valence-corrected chi connectivity index (χ3v) is 4.39. The zero-order chi connectivity index (χ0) is 18.0. The van der Waals surface area contributed by atoms with Crippen molar-refractivity contribution in [3.8, 4) is 0 Å². The average Bonchev–Trinajstić information content (AvgIpc) is 3.13. The normalized spacial score (nSPS) is 17.6. The number of benzene rings is 1.